The molecule has 2 rings (SSSR count). The van der Waals surface area contributed by atoms with Crippen LogP contribution in [0.5, 0.6) is 0 Å². The van der Waals surface area contributed by atoms with Gasteiger partial charge in [0, 0.05) is 25.3 Å². The third-order valence-corrected chi connectivity index (χ3v) is 3.47. The minimum absolute atomic E-state index is 0.126. The zero-order chi connectivity index (χ0) is 14.4. The van der Waals surface area contributed by atoms with Gasteiger partial charge >= 0.3 is 5.97 Å². The molecule has 0 bridgehead atoms. The number of carboxylic acids is 1. The maximum atomic E-state index is 11.9. The second kappa shape index (κ2) is 7.05. The van der Waals surface area contributed by atoms with Gasteiger partial charge in [0.2, 0.25) is 0 Å². The molecule has 1 amide bonds. The molecule has 0 saturated carbocycles. The maximum absolute atomic E-state index is 11.9. The van der Waals surface area contributed by atoms with Gasteiger partial charge in [-0.2, -0.15) is 0 Å². The summed E-state index contributed by atoms with van der Waals surface area (Å²) < 4.78 is 5.30. The van der Waals surface area contributed by atoms with Gasteiger partial charge in [-0.1, -0.05) is 6.07 Å². The molecule has 1 fully saturated rings. The molecule has 1 atom stereocenters. The molecule has 1 aromatic carbocycles. The molecule has 0 aliphatic carbocycles. The van der Waals surface area contributed by atoms with Crippen molar-refractivity contribution in [2.24, 2.45) is 5.92 Å². The smallest absolute Gasteiger partial charge is 0.335 e. The molecule has 1 unspecified atom stereocenters. The van der Waals surface area contributed by atoms with E-state index in [1.165, 1.54) is 12.1 Å². The van der Waals surface area contributed by atoms with Gasteiger partial charge in [-0.15, -0.1) is 0 Å². The van der Waals surface area contributed by atoms with E-state index < -0.39 is 5.97 Å². The lowest BCUT2D eigenvalue weighted by Gasteiger charge is -2.08. The van der Waals surface area contributed by atoms with Crippen LogP contribution in [-0.4, -0.2) is 36.7 Å². The number of rotatable bonds is 6. The van der Waals surface area contributed by atoms with Gasteiger partial charge in [0.15, 0.2) is 0 Å². The number of nitrogens with one attached hydrogen (secondary N) is 1. The molecule has 1 aromatic rings. The average Bonchev–Trinajstić information content (AvgIpc) is 2.96. The zero-order valence-corrected chi connectivity index (χ0v) is 11.3. The van der Waals surface area contributed by atoms with Gasteiger partial charge in [-0.05, 0) is 43.4 Å². The second-order valence-corrected chi connectivity index (χ2v) is 5.01. The fourth-order valence-electron chi connectivity index (χ4n) is 2.30. The molecule has 5 nitrogen and oxygen atoms in total. The molecule has 1 saturated heterocycles. The van der Waals surface area contributed by atoms with Crippen molar-refractivity contribution < 1.29 is 19.4 Å². The summed E-state index contributed by atoms with van der Waals surface area (Å²) in [5, 5.41) is 11.7. The quantitative estimate of drug-likeness (QED) is 0.779. The molecular weight excluding hydrogens is 258 g/mol. The summed E-state index contributed by atoms with van der Waals surface area (Å²) in [4.78, 5) is 22.7. The van der Waals surface area contributed by atoms with E-state index in [0.29, 0.717) is 18.0 Å². The van der Waals surface area contributed by atoms with E-state index in [4.69, 9.17) is 9.84 Å². The molecule has 20 heavy (non-hydrogen) atoms. The Morgan fingerprint density at radius 2 is 2.15 bits per heavy atom. The van der Waals surface area contributed by atoms with Crippen LogP contribution in [0.1, 0.15) is 40.0 Å². The fraction of sp³-hybridized carbons (Fsp3) is 0.467. The van der Waals surface area contributed by atoms with Crippen molar-refractivity contribution in [2.45, 2.75) is 19.3 Å². The normalized spacial score (nSPS) is 17.9. The second-order valence-electron chi connectivity index (χ2n) is 5.01. The highest BCUT2D eigenvalue weighted by molar-refractivity contribution is 5.97. The van der Waals surface area contributed by atoms with E-state index in [-0.39, 0.29) is 11.5 Å². The van der Waals surface area contributed by atoms with E-state index in [1.807, 2.05) is 0 Å². The van der Waals surface area contributed by atoms with E-state index in [9.17, 15) is 9.59 Å². The molecule has 108 valence electrons. The summed E-state index contributed by atoms with van der Waals surface area (Å²) in [6, 6.07) is 6.06. The Hall–Kier alpha value is -1.88. The third-order valence-electron chi connectivity index (χ3n) is 3.47. The number of hydrogen-bond donors (Lipinski definition) is 2. The molecule has 0 radical (unpaired) electrons. The molecule has 0 aromatic heterocycles. The van der Waals surface area contributed by atoms with Crippen molar-refractivity contribution in [3.63, 3.8) is 0 Å². The number of benzene rings is 1. The van der Waals surface area contributed by atoms with E-state index in [0.717, 1.165) is 32.5 Å². The molecule has 1 aliphatic heterocycles. The Kier molecular flexibility index (Phi) is 5.12. The van der Waals surface area contributed by atoms with Crippen LogP contribution < -0.4 is 5.32 Å². The summed E-state index contributed by atoms with van der Waals surface area (Å²) in [6.07, 6.45) is 3.07. The summed E-state index contributed by atoms with van der Waals surface area (Å²) in [5.74, 6) is -0.640. The zero-order valence-electron chi connectivity index (χ0n) is 11.3. The van der Waals surface area contributed by atoms with Crippen LogP contribution in [0.25, 0.3) is 0 Å². The molecule has 1 aliphatic rings. The van der Waals surface area contributed by atoms with Gasteiger partial charge in [-0.3, -0.25) is 4.79 Å². The van der Waals surface area contributed by atoms with Crippen LogP contribution in [0.2, 0.25) is 0 Å². The van der Waals surface area contributed by atoms with E-state index in [1.54, 1.807) is 12.1 Å². The average molecular weight is 277 g/mol. The van der Waals surface area contributed by atoms with Crippen LogP contribution in [0.3, 0.4) is 0 Å². The van der Waals surface area contributed by atoms with Crippen molar-refractivity contribution in [3.05, 3.63) is 35.4 Å². The minimum atomic E-state index is -1.03. The van der Waals surface area contributed by atoms with Crippen LogP contribution in [0.4, 0.5) is 0 Å². The molecule has 5 heteroatoms. The highest BCUT2D eigenvalue weighted by Crippen LogP contribution is 2.17. The molecule has 1 heterocycles. The number of ether oxygens (including phenoxy) is 1. The summed E-state index contributed by atoms with van der Waals surface area (Å²) in [7, 11) is 0. The van der Waals surface area contributed by atoms with Crippen molar-refractivity contribution in [2.75, 3.05) is 19.8 Å². The summed E-state index contributed by atoms with van der Waals surface area (Å²) >= 11 is 0. The summed E-state index contributed by atoms with van der Waals surface area (Å²) in [5.41, 5.74) is 0.509. The number of aromatic carboxylic acids is 1. The maximum Gasteiger partial charge on any atom is 0.335 e. The van der Waals surface area contributed by atoms with Crippen molar-refractivity contribution in [1.29, 1.82) is 0 Å². The Balaban J connectivity index is 1.76. The highest BCUT2D eigenvalue weighted by Gasteiger charge is 2.15. The Labute approximate surface area is 117 Å². The Morgan fingerprint density at radius 1 is 1.35 bits per heavy atom. The predicted molar refractivity (Wildman–Crippen MR) is 73.9 cm³/mol. The standard InChI is InChI=1S/C15H19NO4/c17-14(12-4-1-5-13(9-12)15(18)19)16-7-2-3-11-6-8-20-10-11/h1,4-5,9,11H,2-3,6-8,10H2,(H,16,17)(H,18,19). The van der Waals surface area contributed by atoms with Crippen molar-refractivity contribution in [1.82, 2.24) is 5.32 Å². The third kappa shape index (κ3) is 4.06. The molecular formula is C15H19NO4. The SMILES string of the molecule is O=C(O)c1cccc(C(=O)NCCCC2CCOC2)c1. The van der Waals surface area contributed by atoms with Crippen molar-refractivity contribution >= 4 is 11.9 Å². The van der Waals surface area contributed by atoms with Gasteiger partial charge < -0.3 is 15.2 Å². The first kappa shape index (κ1) is 14.5. The first-order valence-corrected chi connectivity index (χ1v) is 6.86. The Morgan fingerprint density at radius 3 is 2.85 bits per heavy atom. The number of carbonyl (C=O) groups excluding carboxylic acids is 1. The number of hydrogen-bond acceptors (Lipinski definition) is 3. The molecule has 0 spiro atoms. The molecule has 2 N–H and O–H groups in total. The minimum Gasteiger partial charge on any atom is -0.478 e. The van der Waals surface area contributed by atoms with E-state index >= 15 is 0 Å². The van der Waals surface area contributed by atoms with Gasteiger partial charge in [0.1, 0.15) is 0 Å². The number of amides is 1. The lowest BCUT2D eigenvalue weighted by molar-refractivity contribution is 0.0697. The number of carboxylic acid groups (broad SMARTS) is 1. The van der Waals surface area contributed by atoms with Crippen LogP contribution >= 0.6 is 0 Å². The van der Waals surface area contributed by atoms with E-state index in [2.05, 4.69) is 5.32 Å². The van der Waals surface area contributed by atoms with Gasteiger partial charge in [0.05, 0.1) is 5.56 Å². The lowest BCUT2D eigenvalue weighted by atomic mass is 10.0. The van der Waals surface area contributed by atoms with Crippen LogP contribution in [0.15, 0.2) is 24.3 Å². The first-order chi connectivity index (χ1) is 9.66. The Bertz CT molecular complexity index is 481. The van der Waals surface area contributed by atoms with Crippen molar-refractivity contribution in [3.8, 4) is 0 Å². The van der Waals surface area contributed by atoms with Crippen LogP contribution in [0, 0.1) is 5.92 Å². The topological polar surface area (TPSA) is 75.6 Å². The van der Waals surface area contributed by atoms with Gasteiger partial charge in [0.25, 0.3) is 5.91 Å². The summed E-state index contributed by atoms with van der Waals surface area (Å²) in [6.45, 7) is 2.28. The number of carbonyl (C=O) groups is 2. The lowest BCUT2D eigenvalue weighted by Crippen LogP contribution is -2.25. The largest absolute Gasteiger partial charge is 0.478 e. The first-order valence-electron chi connectivity index (χ1n) is 6.86. The predicted octanol–water partition coefficient (Wildman–Crippen LogP) is 1.93. The fourth-order valence-corrected chi connectivity index (χ4v) is 2.30. The highest BCUT2D eigenvalue weighted by atomic mass is 16.5. The van der Waals surface area contributed by atoms with Crippen LogP contribution in [-0.2, 0) is 4.74 Å². The van der Waals surface area contributed by atoms with Gasteiger partial charge in [-0.25, -0.2) is 4.79 Å². The monoisotopic (exact) mass is 277 g/mol.